The van der Waals surface area contributed by atoms with Gasteiger partial charge in [0.15, 0.2) is 6.61 Å². The Hall–Kier alpha value is -1.79. The number of carbonyl (C=O) groups is 1. The molecule has 1 amide bonds. The highest BCUT2D eigenvalue weighted by Gasteiger charge is 2.28. The van der Waals surface area contributed by atoms with Crippen molar-refractivity contribution in [1.82, 2.24) is 10.3 Å². The molecule has 0 atom stereocenters. The van der Waals surface area contributed by atoms with Crippen LogP contribution in [-0.2, 0) is 0 Å². The maximum Gasteiger partial charge on any atom is 0.422 e. The van der Waals surface area contributed by atoms with Gasteiger partial charge in [0.05, 0.1) is 5.56 Å². The second-order valence-electron chi connectivity index (χ2n) is 4.78. The molecule has 0 aromatic carbocycles. The summed E-state index contributed by atoms with van der Waals surface area (Å²) < 4.78 is 40.3. The standard InChI is InChI=1S/C13H15F3N2O2/c14-13(15,16)8-20-11-4-3-10(7-18-11)12(19)17-6-5-9-1-2-9/h3-4,7,9H,1-2,5-6,8H2,(H,17,19). The molecule has 0 saturated heterocycles. The summed E-state index contributed by atoms with van der Waals surface area (Å²) in [7, 11) is 0. The number of carbonyl (C=O) groups excluding carboxylic acids is 1. The van der Waals surface area contributed by atoms with Gasteiger partial charge in [0.25, 0.3) is 5.91 Å². The molecule has 1 N–H and O–H groups in total. The Kier molecular flexibility index (Phi) is 4.46. The second kappa shape index (κ2) is 6.11. The third kappa shape index (κ3) is 5.07. The summed E-state index contributed by atoms with van der Waals surface area (Å²) in [6.45, 7) is -0.789. The zero-order chi connectivity index (χ0) is 14.6. The van der Waals surface area contributed by atoms with E-state index in [2.05, 4.69) is 15.0 Å². The van der Waals surface area contributed by atoms with E-state index in [0.29, 0.717) is 12.1 Å². The maximum absolute atomic E-state index is 11.9. The molecule has 0 aliphatic heterocycles. The van der Waals surface area contributed by atoms with Crippen molar-refractivity contribution in [2.45, 2.75) is 25.4 Å². The van der Waals surface area contributed by atoms with Gasteiger partial charge in [-0.05, 0) is 18.4 Å². The molecule has 1 aliphatic rings. The molecule has 7 heteroatoms. The summed E-state index contributed by atoms with van der Waals surface area (Å²) in [4.78, 5) is 15.4. The minimum Gasteiger partial charge on any atom is -0.468 e. The summed E-state index contributed by atoms with van der Waals surface area (Å²) in [6, 6.07) is 2.65. The van der Waals surface area contributed by atoms with Crippen LogP contribution in [-0.4, -0.2) is 30.2 Å². The second-order valence-corrected chi connectivity index (χ2v) is 4.78. The molecule has 1 aromatic rings. The molecule has 1 aliphatic carbocycles. The van der Waals surface area contributed by atoms with E-state index in [4.69, 9.17) is 0 Å². The smallest absolute Gasteiger partial charge is 0.422 e. The Labute approximate surface area is 114 Å². The largest absolute Gasteiger partial charge is 0.468 e. The van der Waals surface area contributed by atoms with Crippen molar-refractivity contribution in [3.8, 4) is 5.88 Å². The van der Waals surface area contributed by atoms with Crippen molar-refractivity contribution in [3.63, 3.8) is 0 Å². The fourth-order valence-corrected chi connectivity index (χ4v) is 1.65. The molecular weight excluding hydrogens is 273 g/mol. The van der Waals surface area contributed by atoms with Crippen LogP contribution < -0.4 is 10.1 Å². The van der Waals surface area contributed by atoms with E-state index in [1.807, 2.05) is 0 Å². The molecule has 0 unspecified atom stereocenters. The van der Waals surface area contributed by atoms with E-state index in [1.165, 1.54) is 31.2 Å². The molecule has 0 spiro atoms. The Morgan fingerprint density at radius 3 is 2.70 bits per heavy atom. The third-order valence-corrected chi connectivity index (χ3v) is 2.92. The van der Waals surface area contributed by atoms with Crippen LogP contribution in [0.2, 0.25) is 0 Å². The SMILES string of the molecule is O=C(NCCC1CC1)c1ccc(OCC(F)(F)F)nc1. The normalized spacial score (nSPS) is 14.9. The highest BCUT2D eigenvalue weighted by molar-refractivity contribution is 5.93. The summed E-state index contributed by atoms with van der Waals surface area (Å²) >= 11 is 0. The van der Waals surface area contributed by atoms with E-state index < -0.39 is 12.8 Å². The van der Waals surface area contributed by atoms with Crippen LogP contribution in [0.1, 0.15) is 29.6 Å². The van der Waals surface area contributed by atoms with Gasteiger partial charge in [-0.25, -0.2) is 4.98 Å². The van der Waals surface area contributed by atoms with Crippen molar-refractivity contribution in [3.05, 3.63) is 23.9 Å². The minimum absolute atomic E-state index is 0.156. The average molecular weight is 288 g/mol. The van der Waals surface area contributed by atoms with Crippen LogP contribution in [0.4, 0.5) is 13.2 Å². The molecule has 1 saturated carbocycles. The van der Waals surface area contributed by atoms with Crippen LogP contribution in [0.25, 0.3) is 0 Å². The zero-order valence-electron chi connectivity index (χ0n) is 10.7. The van der Waals surface area contributed by atoms with E-state index in [0.717, 1.165) is 12.3 Å². The molecule has 4 nitrogen and oxygen atoms in total. The van der Waals surface area contributed by atoms with Crippen LogP contribution in [0, 0.1) is 5.92 Å². The lowest BCUT2D eigenvalue weighted by Crippen LogP contribution is -2.25. The van der Waals surface area contributed by atoms with Crippen LogP contribution in [0.3, 0.4) is 0 Å². The van der Waals surface area contributed by atoms with E-state index in [1.54, 1.807) is 0 Å². The van der Waals surface area contributed by atoms with Gasteiger partial charge in [0.2, 0.25) is 5.88 Å². The van der Waals surface area contributed by atoms with E-state index in [-0.39, 0.29) is 11.8 Å². The first-order valence-electron chi connectivity index (χ1n) is 6.38. The maximum atomic E-state index is 11.9. The number of alkyl halides is 3. The fraction of sp³-hybridized carbons (Fsp3) is 0.538. The van der Waals surface area contributed by atoms with Crippen LogP contribution in [0.5, 0.6) is 5.88 Å². The average Bonchev–Trinajstić information content (AvgIpc) is 3.20. The van der Waals surface area contributed by atoms with Gasteiger partial charge >= 0.3 is 6.18 Å². The summed E-state index contributed by atoms with van der Waals surface area (Å²) in [5.74, 6) is 0.295. The molecular formula is C13H15F3N2O2. The number of ether oxygens (including phenoxy) is 1. The van der Waals surface area contributed by atoms with Crippen molar-refractivity contribution < 1.29 is 22.7 Å². The van der Waals surface area contributed by atoms with Crippen molar-refractivity contribution in [2.24, 2.45) is 5.92 Å². The number of amides is 1. The number of hydrogen-bond donors (Lipinski definition) is 1. The third-order valence-electron chi connectivity index (χ3n) is 2.92. The summed E-state index contributed by atoms with van der Waals surface area (Å²) in [5, 5.41) is 2.75. The van der Waals surface area contributed by atoms with Gasteiger partial charge in [-0.15, -0.1) is 0 Å². The predicted octanol–water partition coefficient (Wildman–Crippen LogP) is 2.55. The highest BCUT2D eigenvalue weighted by atomic mass is 19.4. The highest BCUT2D eigenvalue weighted by Crippen LogP contribution is 2.31. The number of pyridine rings is 1. The van der Waals surface area contributed by atoms with Gasteiger partial charge in [-0.2, -0.15) is 13.2 Å². The lowest BCUT2D eigenvalue weighted by atomic mass is 10.2. The molecule has 0 bridgehead atoms. The molecule has 1 fully saturated rings. The van der Waals surface area contributed by atoms with E-state index >= 15 is 0 Å². The first-order chi connectivity index (χ1) is 9.44. The Bertz CT molecular complexity index is 456. The van der Waals surface area contributed by atoms with Crippen molar-refractivity contribution in [2.75, 3.05) is 13.2 Å². The van der Waals surface area contributed by atoms with Crippen molar-refractivity contribution >= 4 is 5.91 Å². The zero-order valence-corrected chi connectivity index (χ0v) is 10.7. The van der Waals surface area contributed by atoms with Gasteiger partial charge in [-0.3, -0.25) is 4.79 Å². The predicted molar refractivity (Wildman–Crippen MR) is 65.5 cm³/mol. The first kappa shape index (κ1) is 14.6. The number of aromatic nitrogens is 1. The van der Waals surface area contributed by atoms with Gasteiger partial charge in [0, 0.05) is 18.8 Å². The van der Waals surface area contributed by atoms with E-state index in [9.17, 15) is 18.0 Å². The molecule has 0 radical (unpaired) electrons. The molecule has 2 rings (SSSR count). The molecule has 1 aromatic heterocycles. The van der Waals surface area contributed by atoms with Crippen LogP contribution in [0.15, 0.2) is 18.3 Å². The summed E-state index contributed by atoms with van der Waals surface area (Å²) in [5.41, 5.74) is 0.306. The number of nitrogens with one attached hydrogen (secondary N) is 1. The minimum atomic E-state index is -4.40. The molecule has 1 heterocycles. The van der Waals surface area contributed by atoms with Crippen LogP contribution >= 0.6 is 0 Å². The monoisotopic (exact) mass is 288 g/mol. The quantitative estimate of drug-likeness (QED) is 0.875. The number of rotatable bonds is 6. The number of nitrogens with zero attached hydrogens (tertiary/aromatic N) is 1. The Morgan fingerprint density at radius 1 is 1.40 bits per heavy atom. The lowest BCUT2D eigenvalue weighted by Gasteiger charge is -2.08. The molecule has 110 valence electrons. The lowest BCUT2D eigenvalue weighted by molar-refractivity contribution is -0.154. The number of halogens is 3. The Balaban J connectivity index is 1.78. The van der Waals surface area contributed by atoms with Crippen molar-refractivity contribution in [1.29, 1.82) is 0 Å². The topological polar surface area (TPSA) is 51.2 Å². The van der Waals surface area contributed by atoms with Gasteiger partial charge < -0.3 is 10.1 Å². The first-order valence-corrected chi connectivity index (χ1v) is 6.38. The molecule has 20 heavy (non-hydrogen) atoms. The van der Waals surface area contributed by atoms with Gasteiger partial charge in [0.1, 0.15) is 0 Å². The fourth-order valence-electron chi connectivity index (χ4n) is 1.65. The summed E-state index contributed by atoms with van der Waals surface area (Å²) in [6.07, 6.45) is 0.218. The number of hydrogen-bond acceptors (Lipinski definition) is 3. The van der Waals surface area contributed by atoms with Gasteiger partial charge in [-0.1, -0.05) is 12.8 Å². The Morgan fingerprint density at radius 2 is 2.15 bits per heavy atom.